The summed E-state index contributed by atoms with van der Waals surface area (Å²) in [5, 5.41) is 13.5. The zero-order valence-electron chi connectivity index (χ0n) is 12.4. The Kier molecular flexibility index (Phi) is 16.8. The third-order valence-corrected chi connectivity index (χ3v) is 3.38. The first kappa shape index (κ1) is 17.9. The summed E-state index contributed by atoms with van der Waals surface area (Å²) in [5.41, 5.74) is 1.00. The normalized spacial score (nSPS) is 11.0. The summed E-state index contributed by atoms with van der Waals surface area (Å²) >= 11 is 0. The molecule has 0 atom stereocenters. The van der Waals surface area contributed by atoms with E-state index < -0.39 is 0 Å². The summed E-state index contributed by atoms with van der Waals surface area (Å²) in [5.74, 6) is 0. The molecule has 0 radical (unpaired) electrons. The topological polar surface area (TPSA) is 51.7 Å². The first-order valence-corrected chi connectivity index (χ1v) is 8.06. The quantitative estimate of drug-likeness (QED) is 0.350. The summed E-state index contributed by atoms with van der Waals surface area (Å²) in [6, 6.07) is 0. The molecule has 0 spiro atoms. The van der Waals surface area contributed by atoms with Gasteiger partial charge in [0.1, 0.15) is 0 Å². The van der Waals surface area contributed by atoms with E-state index in [-0.39, 0.29) is 0 Å². The molecule has 0 fully saturated rings. The molecule has 3 heteroatoms. The predicted molar refractivity (Wildman–Crippen MR) is 79.5 cm³/mol. The lowest BCUT2D eigenvalue weighted by Crippen LogP contribution is -2.77. The Labute approximate surface area is 114 Å². The fourth-order valence-electron chi connectivity index (χ4n) is 2.17. The van der Waals surface area contributed by atoms with Crippen LogP contribution < -0.4 is 10.8 Å². The van der Waals surface area contributed by atoms with E-state index >= 15 is 0 Å². The molecule has 0 bridgehead atoms. The van der Waals surface area contributed by atoms with Gasteiger partial charge in [0.05, 0.1) is 6.54 Å². The van der Waals surface area contributed by atoms with Gasteiger partial charge >= 0.3 is 0 Å². The SMILES string of the molecule is CCCCCCCCCCCCNCCC[NH2+][O-]. The van der Waals surface area contributed by atoms with Crippen molar-refractivity contribution in [2.45, 2.75) is 77.6 Å². The third kappa shape index (κ3) is 15.9. The number of nitrogens with one attached hydrogen (secondary N) is 1. The molecule has 3 nitrogen and oxygen atoms in total. The van der Waals surface area contributed by atoms with Gasteiger partial charge in [-0.05, 0) is 13.0 Å². The van der Waals surface area contributed by atoms with Gasteiger partial charge in [-0.2, -0.15) is 0 Å². The van der Waals surface area contributed by atoms with Crippen LogP contribution in [0.3, 0.4) is 0 Å². The van der Waals surface area contributed by atoms with Crippen LogP contribution in [-0.4, -0.2) is 19.6 Å². The highest BCUT2D eigenvalue weighted by Gasteiger charge is 1.93. The number of hydroxylamine groups is 1. The minimum Gasteiger partial charge on any atom is -0.636 e. The van der Waals surface area contributed by atoms with Gasteiger partial charge in [-0.15, -0.1) is 0 Å². The Hall–Kier alpha value is -0.120. The van der Waals surface area contributed by atoms with Crippen molar-refractivity contribution in [3.05, 3.63) is 5.21 Å². The Balaban J connectivity index is 2.86. The van der Waals surface area contributed by atoms with Crippen molar-refractivity contribution in [1.82, 2.24) is 5.32 Å². The molecule has 0 aliphatic carbocycles. The van der Waals surface area contributed by atoms with Crippen LogP contribution in [0.15, 0.2) is 0 Å². The second kappa shape index (κ2) is 16.9. The van der Waals surface area contributed by atoms with Crippen LogP contribution in [-0.2, 0) is 0 Å². The Morgan fingerprint density at radius 3 is 1.78 bits per heavy atom. The number of nitrogens with two attached hydrogens (primary N) is 1. The van der Waals surface area contributed by atoms with Gasteiger partial charge in [0, 0.05) is 13.0 Å². The molecule has 0 aromatic rings. The van der Waals surface area contributed by atoms with Gasteiger partial charge in [0.2, 0.25) is 0 Å². The number of hydrogen-bond acceptors (Lipinski definition) is 2. The number of hydrogen-bond donors (Lipinski definition) is 2. The molecule has 0 aliphatic heterocycles. The molecule has 0 aliphatic rings. The molecule has 18 heavy (non-hydrogen) atoms. The summed E-state index contributed by atoms with van der Waals surface area (Å²) in [6.45, 7) is 5.09. The Morgan fingerprint density at radius 2 is 1.22 bits per heavy atom. The van der Waals surface area contributed by atoms with Crippen molar-refractivity contribution < 1.29 is 5.48 Å². The van der Waals surface area contributed by atoms with Crippen molar-refractivity contribution in [2.75, 3.05) is 19.6 Å². The predicted octanol–water partition coefficient (Wildman–Crippen LogP) is 2.95. The standard InChI is InChI=1S/C15H34N2O/c1-2-3-4-5-6-7-8-9-10-11-13-16-14-12-15-17-18/h16H,2-15,17H2,1H3. The lowest BCUT2D eigenvalue weighted by molar-refractivity contribution is -0.588. The van der Waals surface area contributed by atoms with E-state index in [4.69, 9.17) is 0 Å². The fourth-order valence-corrected chi connectivity index (χ4v) is 2.17. The molecule has 0 unspecified atom stereocenters. The van der Waals surface area contributed by atoms with Crippen LogP contribution in [0.25, 0.3) is 0 Å². The van der Waals surface area contributed by atoms with Crippen molar-refractivity contribution in [3.8, 4) is 0 Å². The molecule has 0 saturated heterocycles. The lowest BCUT2D eigenvalue weighted by Gasteiger charge is -2.05. The second-order valence-electron chi connectivity index (χ2n) is 5.24. The molecule has 110 valence electrons. The van der Waals surface area contributed by atoms with Gasteiger partial charge in [-0.1, -0.05) is 64.7 Å². The molecule has 0 aromatic heterocycles. The van der Waals surface area contributed by atoms with Gasteiger partial charge in [0.15, 0.2) is 0 Å². The molecular weight excluding hydrogens is 224 g/mol. The van der Waals surface area contributed by atoms with Gasteiger partial charge < -0.3 is 16.0 Å². The van der Waals surface area contributed by atoms with Crippen LogP contribution in [0.1, 0.15) is 77.6 Å². The van der Waals surface area contributed by atoms with Crippen molar-refractivity contribution in [1.29, 1.82) is 0 Å². The first-order valence-electron chi connectivity index (χ1n) is 8.06. The van der Waals surface area contributed by atoms with E-state index in [1.807, 2.05) is 0 Å². The Bertz CT molecular complexity index is 126. The van der Waals surface area contributed by atoms with Crippen molar-refractivity contribution in [2.24, 2.45) is 0 Å². The van der Waals surface area contributed by atoms with Crippen LogP contribution >= 0.6 is 0 Å². The van der Waals surface area contributed by atoms with E-state index in [2.05, 4.69) is 12.2 Å². The minimum absolute atomic E-state index is 0.699. The average Bonchev–Trinajstić information content (AvgIpc) is 2.39. The highest BCUT2D eigenvalue weighted by Crippen LogP contribution is 2.10. The zero-order valence-corrected chi connectivity index (χ0v) is 12.4. The molecule has 0 amide bonds. The highest BCUT2D eigenvalue weighted by molar-refractivity contribution is 4.50. The number of quaternary nitrogens is 1. The molecule has 0 heterocycles. The summed E-state index contributed by atoms with van der Waals surface area (Å²) in [4.78, 5) is 0. The molecule has 0 aromatic carbocycles. The first-order chi connectivity index (χ1) is 8.91. The molecule has 3 N–H and O–H groups in total. The summed E-state index contributed by atoms with van der Waals surface area (Å²) in [7, 11) is 0. The zero-order chi connectivity index (χ0) is 13.3. The molecule has 0 saturated carbocycles. The number of unbranched alkanes of at least 4 members (excludes halogenated alkanes) is 9. The largest absolute Gasteiger partial charge is 0.636 e. The van der Waals surface area contributed by atoms with E-state index in [9.17, 15) is 5.21 Å². The summed E-state index contributed by atoms with van der Waals surface area (Å²) in [6.07, 6.45) is 14.9. The maximum absolute atomic E-state index is 10.1. The van der Waals surface area contributed by atoms with Crippen molar-refractivity contribution >= 4 is 0 Å². The van der Waals surface area contributed by atoms with Gasteiger partial charge in [0.25, 0.3) is 0 Å². The maximum Gasteiger partial charge on any atom is 0.0764 e. The second-order valence-corrected chi connectivity index (χ2v) is 5.24. The maximum atomic E-state index is 10.1. The average molecular weight is 258 g/mol. The van der Waals surface area contributed by atoms with E-state index in [1.165, 1.54) is 64.2 Å². The Morgan fingerprint density at radius 1 is 0.722 bits per heavy atom. The highest BCUT2D eigenvalue weighted by atomic mass is 16.5. The fraction of sp³-hybridized carbons (Fsp3) is 1.00. The summed E-state index contributed by atoms with van der Waals surface area (Å²) < 4.78 is 0. The molecular formula is C15H34N2O. The lowest BCUT2D eigenvalue weighted by atomic mass is 10.1. The van der Waals surface area contributed by atoms with Crippen LogP contribution in [0.4, 0.5) is 0 Å². The van der Waals surface area contributed by atoms with E-state index in [1.54, 1.807) is 0 Å². The third-order valence-electron chi connectivity index (χ3n) is 3.38. The van der Waals surface area contributed by atoms with Gasteiger partial charge in [-0.3, -0.25) is 0 Å². The van der Waals surface area contributed by atoms with E-state index in [0.717, 1.165) is 25.0 Å². The van der Waals surface area contributed by atoms with Crippen LogP contribution in [0, 0.1) is 5.21 Å². The minimum atomic E-state index is 0.699. The van der Waals surface area contributed by atoms with Crippen LogP contribution in [0.5, 0.6) is 0 Å². The number of rotatable bonds is 15. The monoisotopic (exact) mass is 258 g/mol. The molecule has 0 rings (SSSR count). The van der Waals surface area contributed by atoms with E-state index in [0.29, 0.717) is 6.54 Å². The smallest absolute Gasteiger partial charge is 0.0764 e. The van der Waals surface area contributed by atoms with Crippen LogP contribution in [0.2, 0.25) is 0 Å². The van der Waals surface area contributed by atoms with Crippen molar-refractivity contribution in [3.63, 3.8) is 0 Å². The van der Waals surface area contributed by atoms with Gasteiger partial charge in [-0.25, -0.2) is 0 Å².